The first-order valence-electron chi connectivity index (χ1n) is 7.86. The van der Waals surface area contributed by atoms with Gasteiger partial charge in [-0.15, -0.1) is 0 Å². The van der Waals surface area contributed by atoms with Gasteiger partial charge < -0.3 is 16.2 Å². The van der Waals surface area contributed by atoms with Crippen LogP contribution in [-0.4, -0.2) is 66.7 Å². The summed E-state index contributed by atoms with van der Waals surface area (Å²) < 4.78 is 0. The van der Waals surface area contributed by atoms with Crippen molar-refractivity contribution in [2.45, 2.75) is 13.3 Å². The van der Waals surface area contributed by atoms with Crippen molar-refractivity contribution in [2.24, 2.45) is 0 Å². The summed E-state index contributed by atoms with van der Waals surface area (Å²) in [7, 11) is 0. The van der Waals surface area contributed by atoms with Gasteiger partial charge in [0.05, 0.1) is 13.2 Å². The van der Waals surface area contributed by atoms with Gasteiger partial charge in [0.1, 0.15) is 0 Å². The zero-order valence-electron chi connectivity index (χ0n) is 13.2. The SMILES string of the molecule is CCc1ccc(NC(=O)CN2CCN(CCO)CC2)cc1N. The maximum atomic E-state index is 12.1. The lowest BCUT2D eigenvalue weighted by atomic mass is 10.1. The van der Waals surface area contributed by atoms with Crippen molar-refractivity contribution in [1.82, 2.24) is 9.80 Å². The van der Waals surface area contributed by atoms with Gasteiger partial charge in [-0.1, -0.05) is 13.0 Å². The van der Waals surface area contributed by atoms with E-state index in [1.165, 1.54) is 0 Å². The predicted molar refractivity (Wildman–Crippen MR) is 88.8 cm³/mol. The van der Waals surface area contributed by atoms with Crippen molar-refractivity contribution in [2.75, 3.05) is 56.9 Å². The van der Waals surface area contributed by atoms with E-state index >= 15 is 0 Å². The zero-order chi connectivity index (χ0) is 15.9. The van der Waals surface area contributed by atoms with E-state index < -0.39 is 0 Å². The normalized spacial score (nSPS) is 16.6. The van der Waals surface area contributed by atoms with Crippen LogP contribution in [0, 0.1) is 0 Å². The van der Waals surface area contributed by atoms with Gasteiger partial charge >= 0.3 is 0 Å². The fraction of sp³-hybridized carbons (Fsp3) is 0.562. The Morgan fingerprint density at radius 1 is 1.27 bits per heavy atom. The number of hydrogen-bond acceptors (Lipinski definition) is 5. The van der Waals surface area contributed by atoms with Crippen LogP contribution in [0.5, 0.6) is 0 Å². The molecule has 1 amide bonds. The Morgan fingerprint density at radius 3 is 2.55 bits per heavy atom. The first-order valence-corrected chi connectivity index (χ1v) is 7.86. The van der Waals surface area contributed by atoms with Gasteiger partial charge in [-0.25, -0.2) is 0 Å². The van der Waals surface area contributed by atoms with E-state index in [-0.39, 0.29) is 12.5 Å². The van der Waals surface area contributed by atoms with Crippen LogP contribution in [0.1, 0.15) is 12.5 Å². The smallest absolute Gasteiger partial charge is 0.238 e. The van der Waals surface area contributed by atoms with Crippen LogP contribution >= 0.6 is 0 Å². The van der Waals surface area contributed by atoms with Crippen molar-refractivity contribution in [3.8, 4) is 0 Å². The van der Waals surface area contributed by atoms with Crippen LogP contribution in [0.15, 0.2) is 18.2 Å². The molecular formula is C16H26N4O2. The summed E-state index contributed by atoms with van der Waals surface area (Å²) in [6, 6.07) is 5.67. The van der Waals surface area contributed by atoms with Crippen molar-refractivity contribution in [1.29, 1.82) is 0 Å². The molecule has 1 aliphatic heterocycles. The largest absolute Gasteiger partial charge is 0.398 e. The summed E-state index contributed by atoms with van der Waals surface area (Å²) >= 11 is 0. The molecule has 0 unspecified atom stereocenters. The van der Waals surface area contributed by atoms with E-state index in [0.29, 0.717) is 13.1 Å². The van der Waals surface area contributed by atoms with E-state index in [4.69, 9.17) is 10.8 Å². The monoisotopic (exact) mass is 306 g/mol. The molecule has 0 atom stereocenters. The number of carbonyl (C=O) groups is 1. The number of amides is 1. The number of benzene rings is 1. The maximum Gasteiger partial charge on any atom is 0.238 e. The molecule has 22 heavy (non-hydrogen) atoms. The van der Waals surface area contributed by atoms with E-state index in [2.05, 4.69) is 22.0 Å². The Bertz CT molecular complexity index is 499. The second-order valence-electron chi connectivity index (χ2n) is 5.66. The topological polar surface area (TPSA) is 81.8 Å². The molecule has 2 rings (SSSR count). The number of carbonyl (C=O) groups excluding carboxylic acids is 1. The number of hydrogen-bond donors (Lipinski definition) is 3. The molecule has 6 nitrogen and oxygen atoms in total. The highest BCUT2D eigenvalue weighted by atomic mass is 16.3. The highest BCUT2D eigenvalue weighted by molar-refractivity contribution is 5.92. The molecule has 0 bridgehead atoms. The Kier molecular flexibility index (Phi) is 6.18. The number of nitrogens with one attached hydrogen (secondary N) is 1. The van der Waals surface area contributed by atoms with Crippen molar-refractivity contribution in [3.05, 3.63) is 23.8 Å². The Hall–Kier alpha value is -1.63. The third kappa shape index (κ3) is 4.69. The van der Waals surface area contributed by atoms with Gasteiger partial charge in [0, 0.05) is 44.1 Å². The van der Waals surface area contributed by atoms with Crippen LogP contribution in [-0.2, 0) is 11.2 Å². The van der Waals surface area contributed by atoms with Crippen LogP contribution in [0.25, 0.3) is 0 Å². The number of aliphatic hydroxyl groups is 1. The quantitative estimate of drug-likeness (QED) is 0.662. The summed E-state index contributed by atoms with van der Waals surface area (Å²) in [5.41, 5.74) is 8.51. The number of nitrogens with zero attached hydrogens (tertiary/aromatic N) is 2. The molecule has 1 saturated heterocycles. The fourth-order valence-corrected chi connectivity index (χ4v) is 2.71. The van der Waals surface area contributed by atoms with Gasteiger partial charge in [-0.05, 0) is 24.1 Å². The zero-order valence-corrected chi connectivity index (χ0v) is 13.2. The van der Waals surface area contributed by atoms with Crippen molar-refractivity contribution in [3.63, 3.8) is 0 Å². The molecule has 6 heteroatoms. The Morgan fingerprint density at radius 2 is 1.95 bits per heavy atom. The minimum absolute atomic E-state index is 0.0146. The molecular weight excluding hydrogens is 280 g/mol. The second-order valence-corrected chi connectivity index (χ2v) is 5.66. The van der Waals surface area contributed by atoms with Crippen molar-refractivity contribution < 1.29 is 9.90 Å². The minimum Gasteiger partial charge on any atom is -0.398 e. The molecule has 122 valence electrons. The standard InChI is InChI=1S/C16H26N4O2/c1-2-13-3-4-14(11-15(13)17)18-16(22)12-20-7-5-19(6-8-20)9-10-21/h3-4,11,21H,2,5-10,12,17H2,1H3,(H,18,22). The number of aryl methyl sites for hydroxylation is 1. The molecule has 0 saturated carbocycles. The fourth-order valence-electron chi connectivity index (χ4n) is 2.71. The summed E-state index contributed by atoms with van der Waals surface area (Å²) in [5.74, 6) is -0.0146. The van der Waals surface area contributed by atoms with Crippen molar-refractivity contribution >= 4 is 17.3 Å². The highest BCUT2D eigenvalue weighted by Crippen LogP contribution is 2.18. The summed E-state index contributed by atoms with van der Waals surface area (Å²) in [6.45, 7) is 6.84. The Balaban J connectivity index is 1.80. The van der Waals surface area contributed by atoms with Gasteiger partial charge in [0.25, 0.3) is 0 Å². The van der Waals surface area contributed by atoms with Gasteiger partial charge in [-0.3, -0.25) is 14.6 Å². The number of β-amino-alcohol motifs (C(OH)–C–C–N with tert-alkyl or cyclic N) is 1. The van der Waals surface area contributed by atoms with Gasteiger partial charge in [0.2, 0.25) is 5.91 Å². The average molecular weight is 306 g/mol. The van der Waals surface area contributed by atoms with E-state index in [1.54, 1.807) is 0 Å². The number of nitrogen functional groups attached to an aromatic ring is 1. The Labute approximate surface area is 131 Å². The lowest BCUT2D eigenvalue weighted by Crippen LogP contribution is -2.49. The molecule has 1 aromatic carbocycles. The molecule has 1 heterocycles. The third-order valence-corrected chi connectivity index (χ3v) is 4.06. The lowest BCUT2D eigenvalue weighted by molar-refractivity contribution is -0.117. The number of anilines is 2. The molecule has 0 spiro atoms. The van der Waals surface area contributed by atoms with Crippen LogP contribution < -0.4 is 11.1 Å². The first-order chi connectivity index (χ1) is 10.6. The molecule has 0 aliphatic carbocycles. The van der Waals surface area contributed by atoms with Crippen LogP contribution in [0.3, 0.4) is 0 Å². The summed E-state index contributed by atoms with van der Waals surface area (Å²) in [4.78, 5) is 16.4. The number of rotatable bonds is 6. The van der Waals surface area contributed by atoms with Crippen LogP contribution in [0.4, 0.5) is 11.4 Å². The number of piperazine rings is 1. The maximum absolute atomic E-state index is 12.1. The van der Waals surface area contributed by atoms with Crippen LogP contribution in [0.2, 0.25) is 0 Å². The lowest BCUT2D eigenvalue weighted by Gasteiger charge is -2.33. The molecule has 1 aliphatic rings. The second kappa shape index (κ2) is 8.12. The van der Waals surface area contributed by atoms with Gasteiger partial charge in [-0.2, -0.15) is 0 Å². The molecule has 1 aromatic rings. The first kappa shape index (κ1) is 16.7. The molecule has 1 fully saturated rings. The number of aliphatic hydroxyl groups excluding tert-OH is 1. The highest BCUT2D eigenvalue weighted by Gasteiger charge is 2.18. The van der Waals surface area contributed by atoms with E-state index in [1.807, 2.05) is 18.2 Å². The third-order valence-electron chi connectivity index (χ3n) is 4.06. The minimum atomic E-state index is -0.0146. The molecule has 0 aromatic heterocycles. The average Bonchev–Trinajstić information content (AvgIpc) is 2.50. The summed E-state index contributed by atoms with van der Waals surface area (Å²) in [5, 5.41) is 11.8. The predicted octanol–water partition coefficient (Wildman–Crippen LogP) is 0.380. The molecule has 4 N–H and O–H groups in total. The van der Waals surface area contributed by atoms with E-state index in [9.17, 15) is 4.79 Å². The van der Waals surface area contributed by atoms with E-state index in [0.717, 1.165) is 49.5 Å². The number of nitrogens with two attached hydrogens (primary N) is 1. The van der Waals surface area contributed by atoms with Gasteiger partial charge in [0.15, 0.2) is 0 Å². The summed E-state index contributed by atoms with van der Waals surface area (Å²) in [6.07, 6.45) is 0.887. The molecule has 0 radical (unpaired) electrons.